The van der Waals surface area contributed by atoms with Gasteiger partial charge < -0.3 is 15.2 Å². The van der Waals surface area contributed by atoms with E-state index in [4.69, 9.17) is 0 Å². The fourth-order valence-corrected chi connectivity index (χ4v) is 2.84. The molecular formula is C13H9N4O3S-. The monoisotopic (exact) mass is 301 g/mol. The number of aromatic amines is 1. The number of nitrogens with one attached hydrogen (secondary N) is 2. The first-order valence-electron chi connectivity index (χ1n) is 5.99. The fraction of sp³-hybridized carbons (Fsp3) is 0.0769. The number of H-pyrrole nitrogens is 1. The van der Waals surface area contributed by atoms with E-state index in [1.807, 2.05) is 0 Å². The van der Waals surface area contributed by atoms with Crippen molar-refractivity contribution >= 4 is 34.9 Å². The molecule has 0 spiro atoms. The van der Waals surface area contributed by atoms with Crippen molar-refractivity contribution in [1.29, 1.82) is 0 Å². The number of aromatic nitrogens is 3. The average Bonchev–Trinajstić information content (AvgIpc) is 2.98. The summed E-state index contributed by atoms with van der Waals surface area (Å²) in [7, 11) is 0. The molecule has 8 heteroatoms. The highest BCUT2D eigenvalue weighted by molar-refractivity contribution is 8.04. The largest absolute Gasteiger partial charge is 0.544 e. The van der Waals surface area contributed by atoms with E-state index in [1.165, 1.54) is 0 Å². The van der Waals surface area contributed by atoms with Crippen molar-refractivity contribution in [3.63, 3.8) is 0 Å². The lowest BCUT2D eigenvalue weighted by Crippen LogP contribution is -2.25. The molecule has 0 saturated carbocycles. The van der Waals surface area contributed by atoms with Crippen LogP contribution in [-0.2, 0) is 9.59 Å². The first-order chi connectivity index (χ1) is 10.1. The summed E-state index contributed by atoms with van der Waals surface area (Å²) in [6.45, 7) is 1.69. The number of fused-ring (bicyclic) bond motifs is 1. The quantitative estimate of drug-likeness (QED) is 0.624. The topological polar surface area (TPSA) is 111 Å². The van der Waals surface area contributed by atoms with E-state index in [0.29, 0.717) is 17.1 Å². The lowest BCUT2D eigenvalue weighted by molar-refractivity contribution is -0.298. The van der Waals surface area contributed by atoms with Crippen LogP contribution in [0.1, 0.15) is 11.4 Å². The van der Waals surface area contributed by atoms with Crippen molar-refractivity contribution in [3.8, 4) is 0 Å². The number of rotatable bonds is 3. The molecule has 1 amide bonds. The summed E-state index contributed by atoms with van der Waals surface area (Å²) in [6, 6.07) is 6.87. The van der Waals surface area contributed by atoms with Crippen molar-refractivity contribution in [2.24, 2.45) is 0 Å². The highest BCUT2D eigenvalue weighted by atomic mass is 32.2. The highest BCUT2D eigenvalue weighted by Crippen LogP contribution is 2.38. The molecule has 0 bridgehead atoms. The van der Waals surface area contributed by atoms with E-state index in [2.05, 4.69) is 20.5 Å². The van der Waals surface area contributed by atoms with Crippen LogP contribution in [0.25, 0.3) is 5.57 Å². The van der Waals surface area contributed by atoms with Crippen molar-refractivity contribution < 1.29 is 14.7 Å². The SMILES string of the molecule is Cc1nc(S/C(C(=O)[O-])=C2/C(=O)Nc3ccccc32)n[nH]1. The maximum absolute atomic E-state index is 12.1. The first kappa shape index (κ1) is 13.4. The van der Waals surface area contributed by atoms with Gasteiger partial charge in [0.2, 0.25) is 5.16 Å². The molecule has 2 N–H and O–H groups in total. The van der Waals surface area contributed by atoms with Crippen molar-refractivity contribution in [2.75, 3.05) is 5.32 Å². The molecule has 1 aromatic carbocycles. The van der Waals surface area contributed by atoms with Gasteiger partial charge in [-0.05, 0) is 24.8 Å². The van der Waals surface area contributed by atoms with Crippen LogP contribution in [-0.4, -0.2) is 27.1 Å². The number of carboxylic acid groups (broad SMARTS) is 1. The normalized spacial score (nSPS) is 15.6. The van der Waals surface area contributed by atoms with Gasteiger partial charge in [-0.3, -0.25) is 9.89 Å². The molecule has 0 aliphatic carbocycles. The molecule has 7 nitrogen and oxygen atoms in total. The number of aliphatic carboxylic acids is 1. The van der Waals surface area contributed by atoms with E-state index in [1.54, 1.807) is 31.2 Å². The summed E-state index contributed by atoms with van der Waals surface area (Å²) >= 11 is 0.786. The van der Waals surface area contributed by atoms with Crippen LogP contribution in [0.15, 0.2) is 34.3 Å². The van der Waals surface area contributed by atoms with Crippen LogP contribution < -0.4 is 10.4 Å². The van der Waals surface area contributed by atoms with Crippen LogP contribution in [0.2, 0.25) is 0 Å². The number of hydrogen-bond acceptors (Lipinski definition) is 6. The molecule has 0 saturated heterocycles. The van der Waals surface area contributed by atoms with Crippen LogP contribution in [0.5, 0.6) is 0 Å². The lowest BCUT2D eigenvalue weighted by Gasteiger charge is -2.09. The molecule has 2 aromatic rings. The zero-order chi connectivity index (χ0) is 15.0. The van der Waals surface area contributed by atoms with Crippen LogP contribution >= 0.6 is 11.8 Å². The second-order valence-corrected chi connectivity index (χ2v) is 5.27. The standard InChI is InChI=1S/C13H10N4O3S/c1-6-14-13(17-16-6)21-10(12(19)20)9-7-4-2-3-5-8(7)15-11(9)18/h2-5H,1H3,(H,15,18)(H,19,20)(H,14,16,17)/p-1/b10-9+. The third kappa shape index (κ3) is 2.40. The number of hydrogen-bond donors (Lipinski definition) is 2. The molecule has 2 heterocycles. The van der Waals surface area contributed by atoms with Gasteiger partial charge in [0, 0.05) is 11.3 Å². The summed E-state index contributed by atoms with van der Waals surface area (Å²) in [5.41, 5.74) is 1.17. The Kier molecular flexibility index (Phi) is 3.22. The lowest BCUT2D eigenvalue weighted by atomic mass is 10.1. The molecule has 0 atom stereocenters. The zero-order valence-corrected chi connectivity index (χ0v) is 11.7. The predicted octanol–water partition coefficient (Wildman–Crippen LogP) is 0.319. The molecule has 106 valence electrons. The number of carbonyl (C=O) groups is 2. The van der Waals surface area contributed by atoms with Gasteiger partial charge >= 0.3 is 0 Å². The van der Waals surface area contributed by atoms with Crippen molar-refractivity contribution in [1.82, 2.24) is 15.2 Å². The van der Waals surface area contributed by atoms with Gasteiger partial charge in [0.25, 0.3) is 5.91 Å². The number of aryl methyl sites for hydroxylation is 1. The Balaban J connectivity index is 2.11. The number of amides is 1. The van der Waals surface area contributed by atoms with E-state index in [9.17, 15) is 14.7 Å². The number of carboxylic acids is 1. The summed E-state index contributed by atoms with van der Waals surface area (Å²) in [5, 5.41) is 20.7. The minimum Gasteiger partial charge on any atom is -0.544 e. The summed E-state index contributed by atoms with van der Waals surface area (Å²) in [6.07, 6.45) is 0. The fourth-order valence-electron chi connectivity index (χ4n) is 2.00. The van der Waals surface area contributed by atoms with Crippen molar-refractivity contribution in [3.05, 3.63) is 40.6 Å². The molecule has 0 unspecified atom stereocenters. The number of nitrogens with zero attached hydrogens (tertiary/aromatic N) is 2. The van der Waals surface area contributed by atoms with Crippen molar-refractivity contribution in [2.45, 2.75) is 12.1 Å². The molecular weight excluding hydrogens is 292 g/mol. The Morgan fingerprint density at radius 3 is 2.76 bits per heavy atom. The van der Waals surface area contributed by atoms with E-state index in [0.717, 1.165) is 11.8 Å². The van der Waals surface area contributed by atoms with Gasteiger partial charge in [0.1, 0.15) is 5.82 Å². The Labute approximate surface area is 123 Å². The van der Waals surface area contributed by atoms with Gasteiger partial charge in [0.15, 0.2) is 0 Å². The minimum atomic E-state index is -1.44. The zero-order valence-electron chi connectivity index (χ0n) is 10.8. The van der Waals surface area contributed by atoms with Crippen LogP contribution in [0.3, 0.4) is 0 Å². The summed E-state index contributed by atoms with van der Waals surface area (Å²) in [4.78, 5) is 27.3. The Morgan fingerprint density at radius 2 is 2.10 bits per heavy atom. The number of anilines is 1. The second kappa shape index (κ2) is 5.06. The second-order valence-electron chi connectivity index (χ2n) is 4.30. The number of para-hydroxylation sites is 1. The molecule has 0 fully saturated rings. The third-order valence-corrected chi connectivity index (χ3v) is 3.79. The minimum absolute atomic E-state index is 0.0676. The smallest absolute Gasteiger partial charge is 0.257 e. The van der Waals surface area contributed by atoms with Gasteiger partial charge in [-0.15, -0.1) is 5.10 Å². The van der Waals surface area contributed by atoms with Gasteiger partial charge in [-0.1, -0.05) is 18.2 Å². The summed E-state index contributed by atoms with van der Waals surface area (Å²) in [5.74, 6) is -1.36. The molecule has 1 aliphatic rings. The summed E-state index contributed by atoms with van der Waals surface area (Å²) < 4.78 is 0. The molecule has 0 radical (unpaired) electrons. The molecule has 1 aromatic heterocycles. The highest BCUT2D eigenvalue weighted by Gasteiger charge is 2.28. The Hall–Kier alpha value is -2.61. The van der Waals surface area contributed by atoms with Gasteiger partial charge in [-0.25, -0.2) is 4.98 Å². The van der Waals surface area contributed by atoms with Crippen LogP contribution in [0.4, 0.5) is 5.69 Å². The third-order valence-electron chi connectivity index (χ3n) is 2.85. The van der Waals surface area contributed by atoms with E-state index < -0.39 is 11.9 Å². The number of benzene rings is 1. The first-order valence-corrected chi connectivity index (χ1v) is 6.81. The Bertz CT molecular complexity index is 781. The maximum atomic E-state index is 12.1. The van der Waals surface area contributed by atoms with Crippen LogP contribution in [0, 0.1) is 6.92 Å². The molecule has 21 heavy (non-hydrogen) atoms. The number of carbonyl (C=O) groups excluding carboxylic acids is 2. The molecule has 3 rings (SSSR count). The van der Waals surface area contributed by atoms with E-state index in [-0.39, 0.29) is 15.6 Å². The van der Waals surface area contributed by atoms with Gasteiger partial charge in [-0.2, -0.15) is 0 Å². The maximum Gasteiger partial charge on any atom is 0.257 e. The van der Waals surface area contributed by atoms with E-state index >= 15 is 0 Å². The molecule has 1 aliphatic heterocycles. The number of thioether (sulfide) groups is 1. The Morgan fingerprint density at radius 1 is 1.33 bits per heavy atom. The van der Waals surface area contributed by atoms with Gasteiger partial charge in [0.05, 0.1) is 16.4 Å². The predicted molar refractivity (Wildman–Crippen MR) is 74.0 cm³/mol. The average molecular weight is 301 g/mol.